The molecule has 0 bridgehead atoms. The zero-order chi connectivity index (χ0) is 27.6. The van der Waals surface area contributed by atoms with Gasteiger partial charge in [0.15, 0.2) is 0 Å². The lowest BCUT2D eigenvalue weighted by atomic mass is 9.96. The molecule has 0 aromatic heterocycles. The molecule has 5 nitrogen and oxygen atoms in total. The predicted octanol–water partition coefficient (Wildman–Crippen LogP) is 6.05. The number of amides is 3. The second-order valence-corrected chi connectivity index (χ2v) is 9.80. The van der Waals surface area contributed by atoms with Gasteiger partial charge in [-0.1, -0.05) is 72.8 Å². The van der Waals surface area contributed by atoms with Crippen molar-refractivity contribution >= 4 is 11.9 Å². The highest BCUT2D eigenvalue weighted by atomic mass is 19.4. The third kappa shape index (κ3) is 6.13. The van der Waals surface area contributed by atoms with E-state index in [2.05, 4.69) is 5.32 Å². The molecule has 202 valence electrons. The van der Waals surface area contributed by atoms with Crippen LogP contribution in [0.15, 0.2) is 91.0 Å². The maximum atomic E-state index is 13.9. The number of urea groups is 1. The Kier molecular flexibility index (Phi) is 7.41. The van der Waals surface area contributed by atoms with Crippen molar-refractivity contribution in [1.82, 2.24) is 15.1 Å². The van der Waals surface area contributed by atoms with Crippen LogP contribution < -0.4 is 5.32 Å². The van der Waals surface area contributed by atoms with E-state index in [0.29, 0.717) is 5.56 Å². The molecule has 1 fully saturated rings. The van der Waals surface area contributed by atoms with Crippen molar-refractivity contribution in [2.75, 3.05) is 13.1 Å². The van der Waals surface area contributed by atoms with Crippen LogP contribution in [-0.4, -0.2) is 40.9 Å². The molecule has 9 heteroatoms. The molecule has 3 aromatic carbocycles. The van der Waals surface area contributed by atoms with Gasteiger partial charge in [0.05, 0.1) is 11.6 Å². The van der Waals surface area contributed by atoms with E-state index < -0.39 is 35.5 Å². The molecule has 0 saturated heterocycles. The minimum atomic E-state index is -4.62. The van der Waals surface area contributed by atoms with Gasteiger partial charge in [0.2, 0.25) is 5.91 Å². The van der Waals surface area contributed by atoms with Crippen LogP contribution in [0.5, 0.6) is 0 Å². The zero-order valence-corrected chi connectivity index (χ0v) is 20.9. The Hall–Kier alpha value is -4.14. The number of nitrogens with one attached hydrogen (secondary N) is 1. The number of hydrogen-bond donors (Lipinski definition) is 1. The molecule has 1 unspecified atom stereocenters. The third-order valence-electron chi connectivity index (χ3n) is 7.09. The number of nitrogens with zero attached hydrogens (tertiary/aromatic N) is 2. The summed E-state index contributed by atoms with van der Waals surface area (Å²) in [6, 6.07) is 18.9. The summed E-state index contributed by atoms with van der Waals surface area (Å²) in [4.78, 5) is 29.3. The Labute approximate surface area is 223 Å². The van der Waals surface area contributed by atoms with Crippen molar-refractivity contribution < 1.29 is 27.2 Å². The summed E-state index contributed by atoms with van der Waals surface area (Å²) < 4.78 is 55.2. The molecule has 1 N–H and O–H groups in total. The van der Waals surface area contributed by atoms with Crippen LogP contribution in [0.2, 0.25) is 0 Å². The van der Waals surface area contributed by atoms with E-state index in [9.17, 15) is 27.2 Å². The molecule has 39 heavy (non-hydrogen) atoms. The monoisotopic (exact) mass is 537 g/mol. The van der Waals surface area contributed by atoms with Crippen LogP contribution in [0.1, 0.15) is 40.6 Å². The number of benzene rings is 3. The number of alkyl halides is 3. The van der Waals surface area contributed by atoms with E-state index in [1.54, 1.807) is 6.08 Å². The molecular formula is C30H27F4N3O2. The van der Waals surface area contributed by atoms with Gasteiger partial charge in [-0.15, -0.1) is 0 Å². The van der Waals surface area contributed by atoms with Crippen LogP contribution in [-0.2, 0) is 17.5 Å². The van der Waals surface area contributed by atoms with Gasteiger partial charge in [-0.2, -0.15) is 13.2 Å². The molecule has 1 saturated carbocycles. The Bertz CT molecular complexity index is 1360. The fraction of sp³-hybridized carbons (Fsp3) is 0.267. The Morgan fingerprint density at radius 1 is 0.949 bits per heavy atom. The first-order valence-electron chi connectivity index (χ1n) is 12.7. The number of carbonyl (C=O) groups excluding carboxylic acids is 2. The lowest BCUT2D eigenvalue weighted by molar-refractivity contribution is -0.141. The van der Waals surface area contributed by atoms with E-state index in [4.69, 9.17) is 0 Å². The summed E-state index contributed by atoms with van der Waals surface area (Å²) in [6.45, 7) is -0.311. The topological polar surface area (TPSA) is 52.7 Å². The van der Waals surface area contributed by atoms with Crippen molar-refractivity contribution in [2.24, 2.45) is 0 Å². The number of carbonyl (C=O) groups is 2. The van der Waals surface area contributed by atoms with E-state index >= 15 is 0 Å². The summed E-state index contributed by atoms with van der Waals surface area (Å²) >= 11 is 0. The molecule has 0 radical (unpaired) electrons. The maximum absolute atomic E-state index is 13.9. The maximum Gasteiger partial charge on any atom is 0.416 e. The molecule has 1 aliphatic heterocycles. The van der Waals surface area contributed by atoms with Crippen molar-refractivity contribution in [3.63, 3.8) is 0 Å². The van der Waals surface area contributed by atoms with E-state index in [-0.39, 0.29) is 37.2 Å². The van der Waals surface area contributed by atoms with Crippen LogP contribution in [0.4, 0.5) is 22.4 Å². The molecule has 1 heterocycles. The zero-order valence-electron chi connectivity index (χ0n) is 20.9. The first-order valence-corrected chi connectivity index (χ1v) is 12.7. The summed E-state index contributed by atoms with van der Waals surface area (Å²) in [5, 5.41) is 2.98. The SMILES string of the molecule is O=C(NC1C[C@@H]1c1ccccc1)N1C/C=C\[C@@H](c2ccccc2C(F)(F)F)N(Cc2ccc(F)cc2)C(=O)C1. The third-order valence-corrected chi connectivity index (χ3v) is 7.09. The minimum absolute atomic E-state index is 0.0499. The van der Waals surface area contributed by atoms with Crippen LogP contribution in [0, 0.1) is 5.82 Å². The quantitative estimate of drug-likeness (QED) is 0.318. The highest BCUT2D eigenvalue weighted by Gasteiger charge is 2.41. The van der Waals surface area contributed by atoms with Gasteiger partial charge in [0, 0.05) is 25.0 Å². The predicted molar refractivity (Wildman–Crippen MR) is 138 cm³/mol. The van der Waals surface area contributed by atoms with Gasteiger partial charge in [-0.25, -0.2) is 9.18 Å². The normalized spacial score (nSPS) is 22.2. The lowest BCUT2D eigenvalue weighted by Crippen LogP contribution is -2.49. The highest BCUT2D eigenvalue weighted by molar-refractivity contribution is 5.85. The second-order valence-electron chi connectivity index (χ2n) is 9.80. The molecule has 1 aliphatic carbocycles. The summed E-state index contributed by atoms with van der Waals surface area (Å²) in [7, 11) is 0. The molecule has 0 spiro atoms. The summed E-state index contributed by atoms with van der Waals surface area (Å²) in [5.41, 5.74) is 0.765. The van der Waals surface area contributed by atoms with Crippen molar-refractivity contribution in [3.05, 3.63) is 119 Å². The average molecular weight is 538 g/mol. The molecule has 3 amide bonds. The summed E-state index contributed by atoms with van der Waals surface area (Å²) in [5.74, 6) is -0.779. The standard InChI is InChI=1S/C30H27F4N3O2/c31-22-14-12-20(13-15-22)18-37-27(23-9-4-5-10-25(23)30(32,33)34)11-6-16-36(19-28(37)38)29(39)35-26-17-24(26)21-7-2-1-3-8-21/h1-15,24,26-27H,16-19H2,(H,35,39)/b11-6-/t24-,26?,27+/m1/s1. The Morgan fingerprint density at radius 2 is 1.64 bits per heavy atom. The molecule has 3 aromatic rings. The minimum Gasteiger partial charge on any atom is -0.335 e. The first-order chi connectivity index (χ1) is 18.7. The molecular weight excluding hydrogens is 510 g/mol. The Morgan fingerprint density at radius 3 is 2.36 bits per heavy atom. The number of hydrogen-bond acceptors (Lipinski definition) is 2. The fourth-order valence-corrected chi connectivity index (χ4v) is 4.98. The second kappa shape index (κ2) is 10.9. The summed E-state index contributed by atoms with van der Waals surface area (Å²) in [6.07, 6.45) is -0.693. The number of halogens is 4. The fourth-order valence-electron chi connectivity index (χ4n) is 4.98. The largest absolute Gasteiger partial charge is 0.416 e. The lowest BCUT2D eigenvalue weighted by Gasteiger charge is -2.35. The van der Waals surface area contributed by atoms with Gasteiger partial charge in [0.25, 0.3) is 0 Å². The Balaban J connectivity index is 1.40. The highest BCUT2D eigenvalue weighted by Crippen LogP contribution is 2.41. The smallest absolute Gasteiger partial charge is 0.335 e. The van der Waals surface area contributed by atoms with Gasteiger partial charge in [-0.05, 0) is 41.3 Å². The van der Waals surface area contributed by atoms with Gasteiger partial charge >= 0.3 is 12.2 Å². The van der Waals surface area contributed by atoms with Gasteiger partial charge < -0.3 is 15.1 Å². The van der Waals surface area contributed by atoms with Crippen molar-refractivity contribution in [3.8, 4) is 0 Å². The number of rotatable bonds is 5. The van der Waals surface area contributed by atoms with E-state index in [1.807, 2.05) is 30.3 Å². The average Bonchev–Trinajstić information content (AvgIpc) is 3.68. The molecule has 5 rings (SSSR count). The van der Waals surface area contributed by atoms with Crippen molar-refractivity contribution in [1.29, 1.82) is 0 Å². The van der Waals surface area contributed by atoms with E-state index in [0.717, 1.165) is 18.1 Å². The van der Waals surface area contributed by atoms with Crippen LogP contribution >= 0.6 is 0 Å². The van der Waals surface area contributed by atoms with Gasteiger partial charge in [0.1, 0.15) is 12.4 Å². The van der Waals surface area contributed by atoms with E-state index in [1.165, 1.54) is 58.3 Å². The van der Waals surface area contributed by atoms with Crippen LogP contribution in [0.3, 0.4) is 0 Å². The van der Waals surface area contributed by atoms with Gasteiger partial charge in [-0.3, -0.25) is 4.79 Å². The van der Waals surface area contributed by atoms with Crippen molar-refractivity contribution in [2.45, 2.75) is 37.1 Å². The van der Waals surface area contributed by atoms with Crippen LogP contribution in [0.25, 0.3) is 0 Å². The molecule has 3 atom stereocenters. The molecule has 2 aliphatic rings. The first kappa shape index (κ1) is 26.5.